The Kier molecular flexibility index (Phi) is 6.02. The van der Waals surface area contributed by atoms with E-state index >= 15 is 0 Å². The Bertz CT molecular complexity index is 1570. The number of hydrogen-bond acceptors (Lipinski definition) is 6. The molecule has 1 amide bonds. The summed E-state index contributed by atoms with van der Waals surface area (Å²) >= 11 is 0. The lowest BCUT2D eigenvalue weighted by molar-refractivity contribution is 0.0541. The van der Waals surface area contributed by atoms with E-state index in [2.05, 4.69) is 57.4 Å². The summed E-state index contributed by atoms with van der Waals surface area (Å²) in [4.78, 5) is 23.1. The van der Waals surface area contributed by atoms with E-state index in [9.17, 15) is 4.79 Å². The van der Waals surface area contributed by atoms with E-state index in [0.717, 1.165) is 77.2 Å². The highest BCUT2D eigenvalue weighted by molar-refractivity contribution is 5.90. The Hall–Kier alpha value is -4.30. The summed E-state index contributed by atoms with van der Waals surface area (Å²) in [5, 5.41) is 5.57. The number of carbonyl (C=O) groups excluding carboxylic acids is 1. The fourth-order valence-electron chi connectivity index (χ4n) is 5.09. The third-order valence-corrected chi connectivity index (χ3v) is 6.92. The second-order valence-corrected chi connectivity index (χ2v) is 9.59. The van der Waals surface area contributed by atoms with Gasteiger partial charge in [-0.1, -0.05) is 54.6 Å². The van der Waals surface area contributed by atoms with Gasteiger partial charge in [-0.3, -0.25) is 4.90 Å². The minimum atomic E-state index is -0.689. The zero-order valence-electron chi connectivity index (χ0n) is 20.7. The molecule has 8 nitrogen and oxygen atoms in total. The number of hydrogen-bond donors (Lipinski definition) is 1. The van der Waals surface area contributed by atoms with Crippen molar-refractivity contribution in [3.05, 3.63) is 84.2 Å². The summed E-state index contributed by atoms with van der Waals surface area (Å²) in [6.07, 6.45) is 2.71. The molecule has 0 saturated carbocycles. The van der Waals surface area contributed by atoms with Gasteiger partial charge in [0, 0.05) is 48.4 Å². The van der Waals surface area contributed by atoms with Crippen LogP contribution < -0.4 is 5.73 Å². The number of likely N-dealkylation sites (tertiary alicyclic amines) is 1. The van der Waals surface area contributed by atoms with Crippen LogP contribution in [0.1, 0.15) is 24.1 Å². The highest BCUT2D eigenvalue weighted by Gasteiger charge is 2.21. The number of aryl methyl sites for hydroxylation is 1. The minimum Gasteiger partial charge on any atom is -0.446 e. The number of aromatic nitrogens is 4. The van der Waals surface area contributed by atoms with Crippen molar-refractivity contribution in [1.82, 2.24) is 24.5 Å². The van der Waals surface area contributed by atoms with E-state index in [1.165, 1.54) is 5.56 Å². The van der Waals surface area contributed by atoms with E-state index in [-0.39, 0.29) is 6.10 Å². The fraction of sp³-hybridized carbons (Fsp3) is 0.241. The molecule has 3 aromatic heterocycles. The van der Waals surface area contributed by atoms with E-state index in [1.807, 2.05) is 41.9 Å². The second kappa shape index (κ2) is 9.63. The van der Waals surface area contributed by atoms with Gasteiger partial charge in [0.15, 0.2) is 11.3 Å². The van der Waals surface area contributed by atoms with Crippen LogP contribution in [0.4, 0.5) is 4.79 Å². The molecule has 1 aliphatic rings. The first-order valence-electron chi connectivity index (χ1n) is 12.5. The van der Waals surface area contributed by atoms with Gasteiger partial charge in [0.25, 0.3) is 0 Å². The summed E-state index contributed by atoms with van der Waals surface area (Å²) in [5.74, 6) is 0. The Morgan fingerprint density at radius 2 is 1.78 bits per heavy atom. The lowest BCUT2D eigenvalue weighted by Gasteiger charge is -2.31. The first-order chi connectivity index (χ1) is 18.0. The number of carbonyl (C=O) groups is 1. The third kappa shape index (κ3) is 4.75. The highest BCUT2D eigenvalue weighted by atomic mass is 16.6. The summed E-state index contributed by atoms with van der Waals surface area (Å²) in [7, 11) is 0. The molecule has 2 N–H and O–H groups in total. The van der Waals surface area contributed by atoms with Gasteiger partial charge in [-0.15, -0.1) is 0 Å². The first-order valence-corrected chi connectivity index (χ1v) is 12.5. The average molecular weight is 493 g/mol. The van der Waals surface area contributed by atoms with Crippen molar-refractivity contribution in [2.45, 2.75) is 32.4 Å². The molecule has 0 atom stereocenters. The molecule has 1 saturated heterocycles. The predicted octanol–water partition coefficient (Wildman–Crippen LogP) is 4.98. The van der Waals surface area contributed by atoms with Crippen LogP contribution in [-0.2, 0) is 11.3 Å². The molecular weight excluding hydrogens is 464 g/mol. The summed E-state index contributed by atoms with van der Waals surface area (Å²) in [6.45, 7) is 4.56. The van der Waals surface area contributed by atoms with Gasteiger partial charge in [0.1, 0.15) is 6.10 Å². The molecule has 186 valence electrons. The Morgan fingerprint density at radius 1 is 1.03 bits per heavy atom. The molecule has 4 heterocycles. The number of pyridine rings is 1. The number of amides is 1. The van der Waals surface area contributed by atoms with Crippen molar-refractivity contribution >= 4 is 22.8 Å². The molecule has 0 spiro atoms. The van der Waals surface area contributed by atoms with Crippen molar-refractivity contribution < 1.29 is 9.53 Å². The van der Waals surface area contributed by atoms with Crippen LogP contribution >= 0.6 is 0 Å². The van der Waals surface area contributed by atoms with Crippen LogP contribution in [-0.4, -0.2) is 49.8 Å². The quantitative estimate of drug-likeness (QED) is 0.372. The van der Waals surface area contributed by atoms with Crippen LogP contribution in [0.3, 0.4) is 0 Å². The minimum absolute atomic E-state index is 0.0771. The molecule has 5 aromatic rings. The topological polar surface area (TPSA) is 98.6 Å². The second-order valence-electron chi connectivity index (χ2n) is 9.59. The monoisotopic (exact) mass is 492 g/mol. The first kappa shape index (κ1) is 23.1. The number of benzene rings is 2. The van der Waals surface area contributed by atoms with Crippen molar-refractivity contribution in [2.75, 3.05) is 13.1 Å². The third-order valence-electron chi connectivity index (χ3n) is 6.92. The summed E-state index contributed by atoms with van der Waals surface area (Å²) in [6, 6.07) is 23.1. The normalized spacial score (nSPS) is 14.8. The molecule has 0 unspecified atom stereocenters. The number of piperidine rings is 1. The lowest BCUT2D eigenvalue weighted by Crippen LogP contribution is -2.38. The maximum absolute atomic E-state index is 11.0. The molecule has 0 bridgehead atoms. The molecule has 0 radical (unpaired) electrons. The van der Waals surface area contributed by atoms with Gasteiger partial charge in [-0.2, -0.15) is 9.61 Å². The molecule has 8 heteroatoms. The predicted molar refractivity (Wildman–Crippen MR) is 143 cm³/mol. The number of primary amides is 1. The van der Waals surface area contributed by atoms with Gasteiger partial charge in [-0.05, 0) is 37.0 Å². The molecule has 1 fully saturated rings. The van der Waals surface area contributed by atoms with Crippen LogP contribution in [0.2, 0.25) is 0 Å². The number of nitrogens with two attached hydrogens (primary N) is 1. The molecule has 0 aliphatic carbocycles. The summed E-state index contributed by atoms with van der Waals surface area (Å²) in [5.41, 5.74) is 13.0. The number of nitrogens with zero attached hydrogens (tertiary/aromatic N) is 5. The Morgan fingerprint density at radius 3 is 2.51 bits per heavy atom. The van der Waals surface area contributed by atoms with Crippen molar-refractivity contribution in [3.8, 4) is 22.4 Å². The zero-order valence-corrected chi connectivity index (χ0v) is 20.7. The van der Waals surface area contributed by atoms with Crippen molar-refractivity contribution in [3.63, 3.8) is 0 Å². The smallest absolute Gasteiger partial charge is 0.404 e. The maximum atomic E-state index is 11.0. The van der Waals surface area contributed by atoms with Crippen LogP contribution in [0.5, 0.6) is 0 Å². The largest absolute Gasteiger partial charge is 0.446 e. The van der Waals surface area contributed by atoms with Crippen LogP contribution in [0, 0.1) is 6.92 Å². The lowest BCUT2D eigenvalue weighted by atomic mass is 9.97. The van der Waals surface area contributed by atoms with Crippen molar-refractivity contribution in [2.24, 2.45) is 5.73 Å². The van der Waals surface area contributed by atoms with Crippen LogP contribution in [0.25, 0.3) is 39.1 Å². The standard InChI is InChI=1S/C29H28N6O2/c1-19-15-26-31-17-23-16-25(21-5-3-2-4-6-21)27(32-28(23)35(26)33-19)22-9-7-20(8-10-22)18-34-13-11-24(12-14-34)37-29(30)36/h2-10,15-17,24H,11-14,18H2,1H3,(H2,30,36). The molecule has 6 rings (SSSR count). The fourth-order valence-corrected chi connectivity index (χ4v) is 5.09. The number of rotatable bonds is 5. The highest BCUT2D eigenvalue weighted by Crippen LogP contribution is 2.33. The van der Waals surface area contributed by atoms with E-state index < -0.39 is 6.09 Å². The van der Waals surface area contributed by atoms with Gasteiger partial charge in [0.05, 0.1) is 11.4 Å². The Balaban J connectivity index is 1.33. The number of ether oxygens (including phenoxy) is 1. The van der Waals surface area contributed by atoms with E-state index in [0.29, 0.717) is 0 Å². The van der Waals surface area contributed by atoms with Gasteiger partial charge in [-0.25, -0.2) is 14.8 Å². The maximum Gasteiger partial charge on any atom is 0.404 e. The van der Waals surface area contributed by atoms with Crippen molar-refractivity contribution in [1.29, 1.82) is 0 Å². The molecule has 1 aliphatic heterocycles. The van der Waals surface area contributed by atoms with Crippen LogP contribution in [0.15, 0.2) is 72.9 Å². The van der Waals surface area contributed by atoms with Gasteiger partial charge >= 0.3 is 6.09 Å². The SMILES string of the molecule is Cc1cc2ncc3cc(-c4ccccc4)c(-c4ccc(CN5CCC(OC(N)=O)CC5)cc4)nc3n2n1. The molecule has 2 aromatic carbocycles. The van der Waals surface area contributed by atoms with E-state index in [1.54, 1.807) is 0 Å². The van der Waals surface area contributed by atoms with E-state index in [4.69, 9.17) is 15.5 Å². The summed E-state index contributed by atoms with van der Waals surface area (Å²) < 4.78 is 6.98. The van der Waals surface area contributed by atoms with Gasteiger partial charge in [0.2, 0.25) is 0 Å². The Labute approximate surface area is 214 Å². The molecular formula is C29H28N6O2. The molecule has 37 heavy (non-hydrogen) atoms. The number of fused-ring (bicyclic) bond motifs is 3. The zero-order chi connectivity index (χ0) is 25.4. The average Bonchev–Trinajstić information content (AvgIpc) is 3.30. The van der Waals surface area contributed by atoms with Gasteiger partial charge < -0.3 is 10.5 Å².